The first kappa shape index (κ1) is 14.3. The molecule has 1 aliphatic rings. The van der Waals surface area contributed by atoms with Gasteiger partial charge in [-0.1, -0.05) is 53.4 Å². The van der Waals surface area contributed by atoms with Gasteiger partial charge in [-0.25, -0.2) is 4.39 Å². The van der Waals surface area contributed by atoms with Crippen LogP contribution in [0.5, 0.6) is 0 Å². The lowest BCUT2D eigenvalue weighted by Gasteiger charge is -2.30. The molecule has 0 bridgehead atoms. The quantitative estimate of drug-likeness (QED) is 0.631. The maximum absolute atomic E-state index is 13.7. The average Bonchev–Trinajstić information content (AvgIpc) is 2.34. The third-order valence-electron chi connectivity index (χ3n) is 4.03. The molecule has 100 valence electrons. The van der Waals surface area contributed by atoms with E-state index >= 15 is 0 Å². The molecule has 1 saturated carbocycles. The van der Waals surface area contributed by atoms with Gasteiger partial charge in [0.15, 0.2) is 0 Å². The van der Waals surface area contributed by atoms with Gasteiger partial charge < -0.3 is 0 Å². The standard InChI is InChI=1S/C15H19BrClF/c1-10-5-7-11(8-6-10)13(16)9-12-14(17)3-2-4-15(12)18/h2-4,10-11,13H,5-9H2,1H3. The van der Waals surface area contributed by atoms with Gasteiger partial charge in [0.2, 0.25) is 0 Å². The van der Waals surface area contributed by atoms with E-state index in [0.717, 1.165) is 5.92 Å². The fraction of sp³-hybridized carbons (Fsp3) is 0.600. The lowest BCUT2D eigenvalue weighted by Crippen LogP contribution is -2.23. The van der Waals surface area contributed by atoms with Crippen molar-refractivity contribution in [3.8, 4) is 0 Å². The minimum Gasteiger partial charge on any atom is -0.207 e. The van der Waals surface area contributed by atoms with E-state index in [2.05, 4.69) is 22.9 Å². The zero-order valence-electron chi connectivity index (χ0n) is 10.6. The van der Waals surface area contributed by atoms with E-state index in [1.807, 2.05) is 0 Å². The Labute approximate surface area is 122 Å². The van der Waals surface area contributed by atoms with Crippen LogP contribution in [0, 0.1) is 17.7 Å². The highest BCUT2D eigenvalue weighted by atomic mass is 79.9. The first-order valence-corrected chi connectivity index (χ1v) is 7.94. The predicted octanol–water partition coefficient (Wildman–Crippen LogP) is 5.61. The van der Waals surface area contributed by atoms with Crippen molar-refractivity contribution >= 4 is 27.5 Å². The SMILES string of the molecule is CC1CCC(C(Br)Cc2c(F)cccc2Cl)CC1. The average molecular weight is 334 g/mol. The Morgan fingerprint density at radius 3 is 2.61 bits per heavy atom. The Kier molecular flexibility index (Phi) is 5.08. The molecule has 0 saturated heterocycles. The van der Waals surface area contributed by atoms with Gasteiger partial charge in [0.05, 0.1) is 0 Å². The van der Waals surface area contributed by atoms with E-state index in [-0.39, 0.29) is 5.82 Å². The minimum absolute atomic E-state index is 0.184. The largest absolute Gasteiger partial charge is 0.207 e. The van der Waals surface area contributed by atoms with Crippen LogP contribution < -0.4 is 0 Å². The van der Waals surface area contributed by atoms with Crippen LogP contribution in [-0.2, 0) is 6.42 Å². The third-order valence-corrected chi connectivity index (χ3v) is 5.46. The molecule has 1 aliphatic carbocycles. The van der Waals surface area contributed by atoms with E-state index in [1.165, 1.54) is 31.7 Å². The van der Waals surface area contributed by atoms with Crippen molar-refractivity contribution < 1.29 is 4.39 Å². The summed E-state index contributed by atoms with van der Waals surface area (Å²) in [6.45, 7) is 2.31. The molecule has 0 nitrogen and oxygen atoms in total. The van der Waals surface area contributed by atoms with Gasteiger partial charge >= 0.3 is 0 Å². The van der Waals surface area contributed by atoms with E-state index in [0.29, 0.717) is 27.8 Å². The summed E-state index contributed by atoms with van der Waals surface area (Å²) in [5, 5.41) is 0.545. The maximum Gasteiger partial charge on any atom is 0.127 e. The third kappa shape index (κ3) is 3.48. The molecule has 0 aliphatic heterocycles. The molecule has 1 aromatic rings. The monoisotopic (exact) mass is 332 g/mol. The van der Waals surface area contributed by atoms with Crippen molar-refractivity contribution in [1.29, 1.82) is 0 Å². The molecule has 1 fully saturated rings. The molecule has 1 aromatic carbocycles. The van der Waals surface area contributed by atoms with Gasteiger partial charge in [0.25, 0.3) is 0 Å². The Hall–Kier alpha value is -0.0800. The molecule has 0 heterocycles. The Morgan fingerprint density at radius 1 is 1.33 bits per heavy atom. The normalized spacial score (nSPS) is 26.0. The summed E-state index contributed by atoms with van der Waals surface area (Å²) in [5.74, 6) is 1.31. The molecule has 1 atom stereocenters. The molecular formula is C15H19BrClF. The fourth-order valence-corrected chi connectivity index (χ4v) is 3.83. The van der Waals surface area contributed by atoms with Crippen LogP contribution in [0.15, 0.2) is 18.2 Å². The number of rotatable bonds is 3. The zero-order chi connectivity index (χ0) is 13.1. The molecule has 0 spiro atoms. The van der Waals surface area contributed by atoms with Gasteiger partial charge in [-0.15, -0.1) is 0 Å². The smallest absolute Gasteiger partial charge is 0.127 e. The van der Waals surface area contributed by atoms with Gasteiger partial charge in [0, 0.05) is 15.4 Å². The topological polar surface area (TPSA) is 0 Å². The Morgan fingerprint density at radius 2 is 2.00 bits per heavy atom. The Balaban J connectivity index is 2.00. The van der Waals surface area contributed by atoms with Crippen molar-refractivity contribution in [2.24, 2.45) is 11.8 Å². The Bertz CT molecular complexity index is 379. The maximum atomic E-state index is 13.7. The fourth-order valence-electron chi connectivity index (χ4n) is 2.74. The summed E-state index contributed by atoms with van der Waals surface area (Å²) in [4.78, 5) is 0.333. The van der Waals surface area contributed by atoms with Crippen LogP contribution in [0.4, 0.5) is 4.39 Å². The van der Waals surface area contributed by atoms with Crippen molar-refractivity contribution in [2.75, 3.05) is 0 Å². The van der Waals surface area contributed by atoms with Crippen LogP contribution >= 0.6 is 27.5 Å². The first-order valence-electron chi connectivity index (χ1n) is 6.65. The second kappa shape index (κ2) is 6.38. The van der Waals surface area contributed by atoms with Gasteiger partial charge in [-0.2, -0.15) is 0 Å². The summed E-state index contributed by atoms with van der Waals surface area (Å²) in [6, 6.07) is 4.92. The van der Waals surface area contributed by atoms with Crippen molar-refractivity contribution in [3.05, 3.63) is 34.6 Å². The highest BCUT2D eigenvalue weighted by Gasteiger charge is 2.25. The summed E-state index contributed by atoms with van der Waals surface area (Å²) in [5.41, 5.74) is 0.652. The molecule has 0 N–H and O–H groups in total. The molecule has 0 amide bonds. The summed E-state index contributed by atoms with van der Waals surface area (Å²) in [6.07, 6.45) is 5.74. The first-order chi connectivity index (χ1) is 8.58. The highest BCUT2D eigenvalue weighted by Crippen LogP contribution is 2.35. The number of benzene rings is 1. The zero-order valence-corrected chi connectivity index (χ0v) is 13.0. The van der Waals surface area contributed by atoms with Crippen LogP contribution in [-0.4, -0.2) is 4.83 Å². The van der Waals surface area contributed by atoms with Crippen LogP contribution in [0.25, 0.3) is 0 Å². The van der Waals surface area contributed by atoms with Gasteiger partial charge in [0.1, 0.15) is 5.82 Å². The van der Waals surface area contributed by atoms with Crippen LogP contribution in [0.3, 0.4) is 0 Å². The molecular weight excluding hydrogens is 315 g/mol. The van der Waals surface area contributed by atoms with Crippen LogP contribution in [0.1, 0.15) is 38.2 Å². The molecule has 0 radical (unpaired) electrons. The van der Waals surface area contributed by atoms with Gasteiger partial charge in [-0.05, 0) is 43.2 Å². The number of alkyl halides is 1. The summed E-state index contributed by atoms with van der Waals surface area (Å²) in [7, 11) is 0. The predicted molar refractivity (Wildman–Crippen MR) is 79.0 cm³/mol. The second-order valence-electron chi connectivity index (χ2n) is 5.44. The van der Waals surface area contributed by atoms with Crippen molar-refractivity contribution in [3.63, 3.8) is 0 Å². The van der Waals surface area contributed by atoms with Crippen molar-refractivity contribution in [1.82, 2.24) is 0 Å². The van der Waals surface area contributed by atoms with E-state index < -0.39 is 0 Å². The molecule has 2 rings (SSSR count). The molecule has 18 heavy (non-hydrogen) atoms. The van der Waals surface area contributed by atoms with Crippen LogP contribution in [0.2, 0.25) is 5.02 Å². The highest BCUT2D eigenvalue weighted by molar-refractivity contribution is 9.09. The second-order valence-corrected chi connectivity index (χ2v) is 7.02. The van der Waals surface area contributed by atoms with E-state index in [4.69, 9.17) is 11.6 Å². The number of hydrogen-bond donors (Lipinski definition) is 0. The number of hydrogen-bond acceptors (Lipinski definition) is 0. The van der Waals surface area contributed by atoms with Crippen molar-refractivity contribution in [2.45, 2.75) is 43.9 Å². The molecule has 0 aromatic heterocycles. The minimum atomic E-state index is -0.184. The molecule has 1 unspecified atom stereocenters. The summed E-state index contributed by atoms with van der Waals surface area (Å²) >= 11 is 9.81. The summed E-state index contributed by atoms with van der Waals surface area (Å²) < 4.78 is 13.7. The number of halogens is 3. The van der Waals surface area contributed by atoms with Gasteiger partial charge in [-0.3, -0.25) is 0 Å². The van der Waals surface area contributed by atoms with E-state index in [9.17, 15) is 4.39 Å². The lowest BCUT2D eigenvalue weighted by atomic mass is 9.80. The lowest BCUT2D eigenvalue weighted by molar-refractivity contribution is 0.285. The molecule has 3 heteroatoms. The van der Waals surface area contributed by atoms with E-state index in [1.54, 1.807) is 12.1 Å².